The Morgan fingerprint density at radius 1 is 1.29 bits per heavy atom. The van der Waals surface area contributed by atoms with E-state index in [1.807, 2.05) is 18.2 Å². The number of pyridine rings is 1. The summed E-state index contributed by atoms with van der Waals surface area (Å²) in [5.74, 6) is 0.896. The van der Waals surface area contributed by atoms with Crippen LogP contribution in [0.15, 0.2) is 41.4 Å². The molecule has 0 aliphatic carbocycles. The number of anilines is 1. The molecule has 17 heavy (non-hydrogen) atoms. The number of hydrogen-bond acceptors (Lipinski definition) is 4. The number of halogens is 1. The summed E-state index contributed by atoms with van der Waals surface area (Å²) in [6.45, 7) is 3.70. The second-order valence-electron chi connectivity index (χ2n) is 3.53. The maximum absolute atomic E-state index is 4.32. The molecule has 88 valence electrons. The van der Waals surface area contributed by atoms with Crippen LogP contribution in [0.2, 0.25) is 0 Å². The molecule has 2 aromatic rings. The zero-order valence-electron chi connectivity index (χ0n) is 9.55. The van der Waals surface area contributed by atoms with Gasteiger partial charge in [0.25, 0.3) is 0 Å². The molecule has 0 saturated carbocycles. The van der Waals surface area contributed by atoms with Crippen molar-refractivity contribution in [1.29, 1.82) is 0 Å². The molecule has 0 amide bonds. The van der Waals surface area contributed by atoms with Gasteiger partial charge >= 0.3 is 0 Å². The third-order valence-corrected chi connectivity index (χ3v) is 2.97. The minimum absolute atomic E-state index is 0.743. The maximum Gasteiger partial charge on any atom is 0.146 e. The average Bonchev–Trinajstić information content (AvgIpc) is 2.38. The van der Waals surface area contributed by atoms with Gasteiger partial charge in [0.2, 0.25) is 0 Å². The second-order valence-corrected chi connectivity index (χ2v) is 4.38. The number of hydrogen-bond donors (Lipinski definition) is 0. The molecule has 0 N–H and O–H groups in total. The molecule has 0 aliphatic rings. The van der Waals surface area contributed by atoms with Gasteiger partial charge in [-0.2, -0.15) is 0 Å². The molecule has 0 spiro atoms. The smallest absolute Gasteiger partial charge is 0.146 e. The standard InChI is InChI=1S/C12H13BrN4/c1-2-17(8-10-5-3-4-6-15-10)12-11(13)7-14-9-16-12/h3-7,9H,2,8H2,1H3. The van der Waals surface area contributed by atoms with Crippen molar-refractivity contribution in [2.75, 3.05) is 11.4 Å². The molecule has 0 aromatic carbocycles. The van der Waals surface area contributed by atoms with Gasteiger partial charge in [0.05, 0.1) is 16.7 Å². The Morgan fingerprint density at radius 3 is 2.82 bits per heavy atom. The molecule has 0 bridgehead atoms. The zero-order chi connectivity index (χ0) is 12.1. The average molecular weight is 293 g/mol. The Balaban J connectivity index is 2.21. The number of rotatable bonds is 4. The first-order chi connectivity index (χ1) is 8.31. The largest absolute Gasteiger partial charge is 0.350 e. The lowest BCUT2D eigenvalue weighted by Crippen LogP contribution is -2.24. The molecule has 2 aromatic heterocycles. The highest BCUT2D eigenvalue weighted by Gasteiger charge is 2.10. The van der Waals surface area contributed by atoms with Crippen molar-refractivity contribution in [3.63, 3.8) is 0 Å². The topological polar surface area (TPSA) is 41.9 Å². The molecule has 0 unspecified atom stereocenters. The third kappa shape index (κ3) is 3.00. The molecule has 5 heteroatoms. The van der Waals surface area contributed by atoms with Gasteiger partial charge in [-0.05, 0) is 35.0 Å². The molecule has 4 nitrogen and oxygen atoms in total. The first-order valence-corrected chi connectivity index (χ1v) is 6.21. The predicted molar refractivity (Wildman–Crippen MR) is 70.7 cm³/mol. The quantitative estimate of drug-likeness (QED) is 0.869. The predicted octanol–water partition coefficient (Wildman–Crippen LogP) is 2.66. The van der Waals surface area contributed by atoms with Crippen LogP contribution in [0.5, 0.6) is 0 Å². The van der Waals surface area contributed by atoms with E-state index in [9.17, 15) is 0 Å². The summed E-state index contributed by atoms with van der Waals surface area (Å²) in [5.41, 5.74) is 1.03. The minimum Gasteiger partial charge on any atom is -0.350 e. The molecule has 0 saturated heterocycles. The zero-order valence-corrected chi connectivity index (χ0v) is 11.1. The molecule has 2 rings (SSSR count). The van der Waals surface area contributed by atoms with Crippen molar-refractivity contribution < 1.29 is 0 Å². The molecule has 0 aliphatic heterocycles. The van der Waals surface area contributed by atoms with Crippen LogP contribution in [0.3, 0.4) is 0 Å². The molecule has 2 heterocycles. The van der Waals surface area contributed by atoms with E-state index in [1.54, 1.807) is 18.7 Å². The Bertz CT molecular complexity index is 475. The Hall–Kier alpha value is -1.49. The van der Waals surface area contributed by atoms with Crippen molar-refractivity contribution in [2.24, 2.45) is 0 Å². The Labute approximate surface area is 109 Å². The van der Waals surface area contributed by atoms with Gasteiger partial charge < -0.3 is 4.90 Å². The van der Waals surface area contributed by atoms with E-state index < -0.39 is 0 Å². The van der Waals surface area contributed by atoms with E-state index >= 15 is 0 Å². The van der Waals surface area contributed by atoms with Crippen LogP contribution in [0.25, 0.3) is 0 Å². The molecule has 0 fully saturated rings. The van der Waals surface area contributed by atoms with Crippen LogP contribution >= 0.6 is 15.9 Å². The fourth-order valence-electron chi connectivity index (χ4n) is 1.56. The minimum atomic E-state index is 0.743. The molecule has 0 radical (unpaired) electrons. The lowest BCUT2D eigenvalue weighted by Gasteiger charge is -2.22. The van der Waals surface area contributed by atoms with Gasteiger partial charge in [-0.25, -0.2) is 9.97 Å². The maximum atomic E-state index is 4.32. The van der Waals surface area contributed by atoms with Gasteiger partial charge in [-0.15, -0.1) is 0 Å². The third-order valence-electron chi connectivity index (χ3n) is 2.41. The summed E-state index contributed by atoms with van der Waals surface area (Å²) in [6.07, 6.45) is 5.11. The Morgan fingerprint density at radius 2 is 2.18 bits per heavy atom. The fourth-order valence-corrected chi connectivity index (χ4v) is 2.03. The summed E-state index contributed by atoms with van der Waals surface area (Å²) in [4.78, 5) is 14.7. The van der Waals surface area contributed by atoms with E-state index in [0.717, 1.165) is 29.1 Å². The van der Waals surface area contributed by atoms with E-state index in [1.165, 1.54) is 0 Å². The monoisotopic (exact) mass is 292 g/mol. The van der Waals surface area contributed by atoms with Crippen LogP contribution in [0.1, 0.15) is 12.6 Å². The molecular formula is C12H13BrN4. The van der Waals surface area contributed by atoms with Crippen LogP contribution in [0, 0.1) is 0 Å². The van der Waals surface area contributed by atoms with Crippen LogP contribution < -0.4 is 4.90 Å². The van der Waals surface area contributed by atoms with Crippen LogP contribution in [-0.2, 0) is 6.54 Å². The first-order valence-electron chi connectivity index (χ1n) is 5.41. The highest BCUT2D eigenvalue weighted by molar-refractivity contribution is 9.10. The Kier molecular flexibility index (Phi) is 4.03. The van der Waals surface area contributed by atoms with Crippen molar-refractivity contribution in [3.05, 3.63) is 47.1 Å². The van der Waals surface area contributed by atoms with Crippen LogP contribution in [0.4, 0.5) is 5.82 Å². The van der Waals surface area contributed by atoms with Gasteiger partial charge in [-0.1, -0.05) is 6.07 Å². The lowest BCUT2D eigenvalue weighted by atomic mass is 10.3. The van der Waals surface area contributed by atoms with Crippen LogP contribution in [-0.4, -0.2) is 21.5 Å². The summed E-state index contributed by atoms with van der Waals surface area (Å²) in [6, 6.07) is 5.92. The van der Waals surface area contributed by atoms with E-state index in [4.69, 9.17) is 0 Å². The van der Waals surface area contributed by atoms with Gasteiger partial charge in [-0.3, -0.25) is 4.98 Å². The summed E-state index contributed by atoms with van der Waals surface area (Å²) >= 11 is 3.46. The fraction of sp³-hybridized carbons (Fsp3) is 0.250. The number of nitrogens with zero attached hydrogens (tertiary/aromatic N) is 4. The van der Waals surface area contributed by atoms with Crippen molar-refractivity contribution >= 4 is 21.7 Å². The normalized spacial score (nSPS) is 10.2. The summed E-state index contributed by atoms with van der Waals surface area (Å²) < 4.78 is 0.901. The van der Waals surface area contributed by atoms with Crippen molar-refractivity contribution in [2.45, 2.75) is 13.5 Å². The molecule has 0 atom stereocenters. The summed E-state index contributed by atoms with van der Waals surface area (Å²) in [7, 11) is 0. The number of aromatic nitrogens is 3. The van der Waals surface area contributed by atoms with E-state index in [-0.39, 0.29) is 0 Å². The second kappa shape index (κ2) is 5.72. The lowest BCUT2D eigenvalue weighted by molar-refractivity contribution is 0.788. The van der Waals surface area contributed by atoms with Crippen molar-refractivity contribution in [3.8, 4) is 0 Å². The van der Waals surface area contributed by atoms with Crippen molar-refractivity contribution in [1.82, 2.24) is 15.0 Å². The van der Waals surface area contributed by atoms with Gasteiger partial charge in [0, 0.05) is 18.9 Å². The first kappa shape index (κ1) is 12.0. The highest BCUT2D eigenvalue weighted by Crippen LogP contribution is 2.22. The molecular weight excluding hydrogens is 280 g/mol. The van der Waals surface area contributed by atoms with E-state index in [0.29, 0.717) is 0 Å². The summed E-state index contributed by atoms with van der Waals surface area (Å²) in [5, 5.41) is 0. The van der Waals surface area contributed by atoms with Gasteiger partial charge in [0.15, 0.2) is 0 Å². The highest BCUT2D eigenvalue weighted by atomic mass is 79.9. The van der Waals surface area contributed by atoms with E-state index in [2.05, 4.69) is 42.7 Å². The SMILES string of the molecule is CCN(Cc1ccccn1)c1ncncc1Br. The van der Waals surface area contributed by atoms with Gasteiger partial charge in [0.1, 0.15) is 12.1 Å².